The van der Waals surface area contributed by atoms with E-state index in [-0.39, 0.29) is 22.0 Å². The summed E-state index contributed by atoms with van der Waals surface area (Å²) in [7, 11) is 2.80. The van der Waals surface area contributed by atoms with E-state index in [0.717, 1.165) is 0 Å². The van der Waals surface area contributed by atoms with Crippen molar-refractivity contribution < 1.29 is 37.3 Å². The molecule has 1 heterocycles. The van der Waals surface area contributed by atoms with Crippen LogP contribution in [-0.4, -0.2) is 54.5 Å². The molecular weight excluding hydrogens is 405 g/mol. The molecule has 7 nitrogen and oxygen atoms in total. The standard InChI is InChI=1S/C20H19F3N2O5/c1-28-14-7-5-6-13(10-14)15-11-19(27,20(21,22)23)25(24-15)18(26)12-30-17-9-4-3-8-16(17)29-2/h3-10,27H,11-12H2,1-2H3/t19-/m0/s1. The number of halogens is 3. The second kappa shape index (κ2) is 8.23. The number of carbonyl (C=O) groups is 1. The summed E-state index contributed by atoms with van der Waals surface area (Å²) in [5, 5.41) is 14.2. The van der Waals surface area contributed by atoms with Gasteiger partial charge in [-0.2, -0.15) is 23.3 Å². The van der Waals surface area contributed by atoms with Gasteiger partial charge in [-0.25, -0.2) is 0 Å². The van der Waals surface area contributed by atoms with Gasteiger partial charge in [0.25, 0.3) is 11.6 Å². The SMILES string of the molecule is COc1cccc(C2=NN(C(=O)COc3ccccc3OC)[C@@](O)(C(F)(F)F)C2)c1. The molecule has 0 spiro atoms. The first-order valence-corrected chi connectivity index (χ1v) is 8.79. The van der Waals surface area contributed by atoms with E-state index < -0.39 is 30.8 Å². The quantitative estimate of drug-likeness (QED) is 0.771. The van der Waals surface area contributed by atoms with Crippen LogP contribution in [0.25, 0.3) is 0 Å². The molecule has 3 rings (SSSR count). The van der Waals surface area contributed by atoms with Crippen molar-refractivity contribution in [3.63, 3.8) is 0 Å². The van der Waals surface area contributed by atoms with Gasteiger partial charge in [-0.1, -0.05) is 24.3 Å². The van der Waals surface area contributed by atoms with Crippen molar-refractivity contribution in [1.29, 1.82) is 0 Å². The lowest BCUT2D eigenvalue weighted by Crippen LogP contribution is -2.57. The number of aliphatic hydroxyl groups is 1. The van der Waals surface area contributed by atoms with Gasteiger partial charge in [-0.3, -0.25) is 4.79 Å². The van der Waals surface area contributed by atoms with Crippen molar-refractivity contribution in [2.45, 2.75) is 18.3 Å². The summed E-state index contributed by atoms with van der Waals surface area (Å²) in [6.07, 6.45) is -6.07. The molecule has 1 amide bonds. The zero-order chi connectivity index (χ0) is 21.9. The molecule has 0 fully saturated rings. The van der Waals surface area contributed by atoms with Crippen LogP contribution in [0.4, 0.5) is 13.2 Å². The van der Waals surface area contributed by atoms with Gasteiger partial charge in [0.15, 0.2) is 18.1 Å². The lowest BCUT2D eigenvalue weighted by atomic mass is 10.0. The smallest absolute Gasteiger partial charge is 0.438 e. The van der Waals surface area contributed by atoms with Crippen LogP contribution in [0.2, 0.25) is 0 Å². The van der Waals surface area contributed by atoms with Gasteiger partial charge in [0.1, 0.15) is 5.75 Å². The number of hydrogen-bond donors (Lipinski definition) is 1. The summed E-state index contributed by atoms with van der Waals surface area (Å²) in [5.74, 6) is -0.299. The van der Waals surface area contributed by atoms with E-state index in [1.807, 2.05) is 0 Å². The Labute approximate surface area is 170 Å². The maximum Gasteiger partial charge on any atom is 0.438 e. The van der Waals surface area contributed by atoms with Crippen LogP contribution in [-0.2, 0) is 4.79 Å². The normalized spacial score (nSPS) is 18.7. The average molecular weight is 424 g/mol. The van der Waals surface area contributed by atoms with Gasteiger partial charge in [-0.15, -0.1) is 0 Å². The highest BCUT2D eigenvalue weighted by atomic mass is 19.4. The van der Waals surface area contributed by atoms with Gasteiger partial charge >= 0.3 is 6.18 Å². The molecule has 160 valence electrons. The van der Waals surface area contributed by atoms with E-state index in [4.69, 9.17) is 14.2 Å². The Hall–Kier alpha value is -3.27. The Morgan fingerprint density at radius 2 is 1.83 bits per heavy atom. The average Bonchev–Trinajstić information content (AvgIpc) is 3.11. The molecule has 0 radical (unpaired) electrons. The van der Waals surface area contributed by atoms with Gasteiger partial charge in [0, 0.05) is 5.56 Å². The van der Waals surface area contributed by atoms with Gasteiger partial charge in [0.2, 0.25) is 0 Å². The first-order valence-electron chi connectivity index (χ1n) is 8.79. The maximum atomic E-state index is 13.7. The van der Waals surface area contributed by atoms with E-state index in [0.29, 0.717) is 11.5 Å². The Balaban J connectivity index is 1.88. The number of hydrazone groups is 1. The number of para-hydroxylation sites is 2. The predicted octanol–water partition coefficient (Wildman–Crippen LogP) is 2.97. The highest BCUT2D eigenvalue weighted by molar-refractivity contribution is 6.03. The number of methoxy groups -OCH3 is 2. The van der Waals surface area contributed by atoms with Crippen molar-refractivity contribution in [3.8, 4) is 17.2 Å². The summed E-state index contributed by atoms with van der Waals surface area (Å²) in [6, 6.07) is 12.5. The zero-order valence-electron chi connectivity index (χ0n) is 16.1. The van der Waals surface area contributed by atoms with Crippen molar-refractivity contribution >= 4 is 11.6 Å². The highest BCUT2D eigenvalue weighted by Gasteiger charge is 2.63. The lowest BCUT2D eigenvalue weighted by molar-refractivity contribution is -0.302. The van der Waals surface area contributed by atoms with E-state index >= 15 is 0 Å². The minimum Gasteiger partial charge on any atom is -0.497 e. The molecule has 0 saturated carbocycles. The monoisotopic (exact) mass is 424 g/mol. The Kier molecular flexibility index (Phi) is 5.88. The number of amides is 1. The van der Waals surface area contributed by atoms with Crippen LogP contribution >= 0.6 is 0 Å². The minimum absolute atomic E-state index is 0.0250. The summed E-state index contributed by atoms with van der Waals surface area (Å²) in [4.78, 5) is 12.5. The first kappa shape index (κ1) is 21.4. The van der Waals surface area contributed by atoms with E-state index in [1.165, 1.54) is 32.4 Å². The summed E-state index contributed by atoms with van der Waals surface area (Å²) >= 11 is 0. The van der Waals surface area contributed by atoms with Gasteiger partial charge in [-0.05, 0) is 24.3 Å². The van der Waals surface area contributed by atoms with Crippen LogP contribution in [0.15, 0.2) is 53.6 Å². The fraction of sp³-hybridized carbons (Fsp3) is 0.300. The molecule has 10 heteroatoms. The van der Waals surface area contributed by atoms with Crippen LogP contribution < -0.4 is 14.2 Å². The molecule has 2 aromatic rings. The third kappa shape index (κ3) is 4.04. The topological polar surface area (TPSA) is 80.6 Å². The largest absolute Gasteiger partial charge is 0.497 e. The number of benzene rings is 2. The van der Waals surface area contributed by atoms with Gasteiger partial charge < -0.3 is 19.3 Å². The van der Waals surface area contributed by atoms with Crippen LogP contribution in [0.5, 0.6) is 17.2 Å². The minimum atomic E-state index is -5.14. The predicted molar refractivity (Wildman–Crippen MR) is 100 cm³/mol. The number of ether oxygens (including phenoxy) is 3. The fourth-order valence-corrected chi connectivity index (χ4v) is 2.93. The van der Waals surface area contributed by atoms with Crippen molar-refractivity contribution in [2.75, 3.05) is 20.8 Å². The Bertz CT molecular complexity index is 963. The summed E-state index contributed by atoms with van der Waals surface area (Å²) in [5.41, 5.74) is -3.32. The molecule has 0 bridgehead atoms. The number of alkyl halides is 3. The number of carbonyl (C=O) groups excluding carboxylic acids is 1. The van der Waals surface area contributed by atoms with E-state index in [2.05, 4.69) is 5.10 Å². The number of hydrogen-bond acceptors (Lipinski definition) is 6. The summed E-state index contributed by atoms with van der Waals surface area (Å²) < 4.78 is 56.5. The molecule has 0 aromatic heterocycles. The molecule has 30 heavy (non-hydrogen) atoms. The molecule has 1 atom stereocenters. The van der Waals surface area contributed by atoms with Crippen LogP contribution in [0.1, 0.15) is 12.0 Å². The fourth-order valence-electron chi connectivity index (χ4n) is 2.93. The second-order valence-electron chi connectivity index (χ2n) is 6.41. The first-order chi connectivity index (χ1) is 14.2. The molecular formula is C20H19F3N2O5. The number of rotatable bonds is 6. The molecule has 1 aliphatic heterocycles. The highest BCUT2D eigenvalue weighted by Crippen LogP contribution is 2.41. The molecule has 1 aliphatic rings. The van der Waals surface area contributed by atoms with Crippen LogP contribution in [0, 0.1) is 0 Å². The molecule has 0 unspecified atom stereocenters. The Morgan fingerprint density at radius 3 is 2.47 bits per heavy atom. The molecule has 2 aromatic carbocycles. The van der Waals surface area contributed by atoms with Gasteiger partial charge in [0.05, 0.1) is 26.4 Å². The summed E-state index contributed by atoms with van der Waals surface area (Å²) in [6.45, 7) is -0.784. The maximum absolute atomic E-state index is 13.7. The molecule has 0 aliphatic carbocycles. The zero-order valence-corrected chi connectivity index (χ0v) is 16.1. The van der Waals surface area contributed by atoms with E-state index in [9.17, 15) is 23.1 Å². The number of nitrogens with zero attached hydrogens (tertiary/aromatic N) is 2. The second-order valence-corrected chi connectivity index (χ2v) is 6.41. The van der Waals surface area contributed by atoms with Crippen molar-refractivity contribution in [3.05, 3.63) is 54.1 Å². The van der Waals surface area contributed by atoms with Crippen molar-refractivity contribution in [1.82, 2.24) is 5.01 Å². The molecule has 1 N–H and O–H groups in total. The third-order valence-electron chi connectivity index (χ3n) is 4.50. The third-order valence-corrected chi connectivity index (χ3v) is 4.50. The van der Waals surface area contributed by atoms with Crippen molar-refractivity contribution in [2.24, 2.45) is 5.10 Å². The van der Waals surface area contributed by atoms with Crippen LogP contribution in [0.3, 0.4) is 0 Å². The lowest BCUT2D eigenvalue weighted by Gasteiger charge is -2.32. The Morgan fingerprint density at radius 1 is 1.13 bits per heavy atom. The molecule has 0 saturated heterocycles. The van der Waals surface area contributed by atoms with E-state index in [1.54, 1.807) is 30.3 Å².